The molecule has 0 aromatic heterocycles. The van der Waals surface area contributed by atoms with E-state index in [9.17, 15) is 0 Å². The Kier molecular flexibility index (Phi) is 13.5. The van der Waals surface area contributed by atoms with E-state index in [1.165, 1.54) is 5.54 Å². The van der Waals surface area contributed by atoms with Crippen LogP contribution in [0.5, 0.6) is 0 Å². The molecule has 0 unspecified atom stereocenters. The molecule has 0 aliphatic heterocycles. The first-order chi connectivity index (χ1) is 2.91. The number of rotatable bonds is 1. The van der Waals surface area contributed by atoms with Gasteiger partial charge in [0.25, 0.3) is 0 Å². The van der Waals surface area contributed by atoms with E-state index >= 15 is 0 Å². The Bertz CT molecular complexity index is 56.5. The van der Waals surface area contributed by atoms with Crippen LogP contribution in [0.3, 0.4) is 0 Å². The molecule has 2 heteroatoms. The summed E-state index contributed by atoms with van der Waals surface area (Å²) < 4.78 is 0. The van der Waals surface area contributed by atoms with Crippen LogP contribution in [-0.4, -0.2) is 11.0 Å². The van der Waals surface area contributed by atoms with E-state index in [1.807, 2.05) is 19.1 Å². The zero-order chi connectivity index (χ0) is 4.83. The number of hydrogen-bond acceptors (Lipinski definition) is 0. The number of hydrogen-bond donors (Lipinski definition) is 0. The third kappa shape index (κ3) is 10.7. The molecule has 0 rings (SSSR count). The average molecular weight is 135 g/mol. The molecule has 0 aliphatic carbocycles. The van der Waals surface area contributed by atoms with Gasteiger partial charge in [-0.05, 0) is 17.9 Å². The van der Waals surface area contributed by atoms with E-state index < -0.39 is 0 Å². The average Bonchev–Trinajstić information content (AvgIpc) is 1.61. The Morgan fingerprint density at radius 2 is 1.86 bits per heavy atom. The third-order valence-electron chi connectivity index (χ3n) is 0.376. The monoisotopic (exact) mass is 134 g/mol. The topological polar surface area (TPSA) is 0 Å². The van der Waals surface area contributed by atoms with Crippen molar-refractivity contribution in [3.8, 4) is 0 Å². The van der Waals surface area contributed by atoms with Crippen LogP contribution in [0.4, 0.5) is 0 Å². The lowest BCUT2D eigenvalue weighted by Crippen LogP contribution is -1.37. The molecule has 0 spiro atoms. The summed E-state index contributed by atoms with van der Waals surface area (Å²) in [5.41, 5.74) is 1.47. The molecule has 0 amide bonds. The number of allylic oxidation sites excluding steroid dienone is 3. The lowest BCUT2D eigenvalue weighted by Gasteiger charge is -1.61. The van der Waals surface area contributed by atoms with E-state index in [1.54, 1.807) is 6.08 Å². The zero-order valence-electron chi connectivity index (χ0n) is 3.69. The maximum Gasteiger partial charge on any atom is 0.00423 e. The van der Waals surface area contributed by atoms with Gasteiger partial charge in [0.2, 0.25) is 0 Å². The molecule has 42 valence electrons. The van der Waals surface area contributed by atoms with Gasteiger partial charge in [-0.1, -0.05) is 29.8 Å². The highest BCUT2D eigenvalue weighted by molar-refractivity contribution is 6.25. The summed E-state index contributed by atoms with van der Waals surface area (Å²) in [4.78, 5) is 0. The van der Waals surface area contributed by atoms with Gasteiger partial charge in [-0.2, -0.15) is 0 Å². The summed E-state index contributed by atoms with van der Waals surface area (Å²) in [7, 11) is 0. The maximum absolute atomic E-state index is 5.15. The Morgan fingerprint density at radius 3 is 2.00 bits per heavy atom. The SMILES string of the molecule is CC=CC=CCl.[SiH4]. The van der Waals surface area contributed by atoms with Crippen molar-refractivity contribution in [2.45, 2.75) is 6.92 Å². The van der Waals surface area contributed by atoms with Crippen LogP contribution in [0.25, 0.3) is 0 Å². The fourth-order valence-electron chi connectivity index (χ4n) is 0.153. The molecule has 0 fully saturated rings. The fourth-order valence-corrected chi connectivity index (χ4v) is 0.237. The maximum atomic E-state index is 5.15. The second kappa shape index (κ2) is 9.37. The lowest BCUT2D eigenvalue weighted by molar-refractivity contribution is 1.74. The van der Waals surface area contributed by atoms with Crippen LogP contribution < -0.4 is 0 Å². The molecule has 0 nitrogen and oxygen atoms in total. The van der Waals surface area contributed by atoms with Gasteiger partial charge < -0.3 is 0 Å². The van der Waals surface area contributed by atoms with Crippen molar-refractivity contribution in [2.75, 3.05) is 0 Å². The predicted octanol–water partition coefficient (Wildman–Crippen LogP) is 0.863. The standard InChI is InChI=1S/C5H7Cl.H4Si/c1-2-3-4-5-6;/h2-5H,1H3;1H4. The molecule has 0 aromatic carbocycles. The Morgan fingerprint density at radius 1 is 1.29 bits per heavy atom. The smallest absolute Gasteiger partial charge is 0.00423 e. The van der Waals surface area contributed by atoms with Gasteiger partial charge >= 0.3 is 0 Å². The summed E-state index contributed by atoms with van der Waals surface area (Å²) in [5.74, 6) is 0. The van der Waals surface area contributed by atoms with Gasteiger partial charge in [0.1, 0.15) is 0 Å². The van der Waals surface area contributed by atoms with E-state index in [-0.39, 0.29) is 11.0 Å². The van der Waals surface area contributed by atoms with E-state index in [0.717, 1.165) is 0 Å². The highest BCUT2D eigenvalue weighted by Gasteiger charge is 1.50. The van der Waals surface area contributed by atoms with Crippen molar-refractivity contribution in [2.24, 2.45) is 0 Å². The lowest BCUT2D eigenvalue weighted by atomic mass is 10.5. The molecule has 0 bridgehead atoms. The molecule has 0 saturated heterocycles. The molecule has 0 atom stereocenters. The van der Waals surface area contributed by atoms with Gasteiger partial charge in [0.15, 0.2) is 0 Å². The number of halogens is 1. The summed E-state index contributed by atoms with van der Waals surface area (Å²) in [6, 6.07) is 0. The zero-order valence-corrected chi connectivity index (χ0v) is 4.44. The van der Waals surface area contributed by atoms with Gasteiger partial charge in [-0.3, -0.25) is 0 Å². The minimum absolute atomic E-state index is 0. The first-order valence-electron chi connectivity index (χ1n) is 1.80. The molecule has 0 radical (unpaired) electrons. The molecular weight excluding hydrogens is 124 g/mol. The van der Waals surface area contributed by atoms with E-state index in [4.69, 9.17) is 11.6 Å². The quantitative estimate of drug-likeness (QED) is 0.369. The minimum Gasteiger partial charge on any atom is -0.0930 e. The first-order valence-corrected chi connectivity index (χ1v) is 2.23. The third-order valence-corrected chi connectivity index (χ3v) is 0.522. The van der Waals surface area contributed by atoms with Crippen molar-refractivity contribution in [1.82, 2.24) is 0 Å². The summed E-state index contributed by atoms with van der Waals surface area (Å²) >= 11 is 5.15. The first kappa shape index (κ1) is 10.1. The Labute approximate surface area is 53.9 Å². The molecular formula is C5H11ClSi. The molecule has 0 N–H and O–H groups in total. The van der Waals surface area contributed by atoms with Crippen molar-refractivity contribution >= 4 is 22.6 Å². The van der Waals surface area contributed by atoms with Gasteiger partial charge in [0.05, 0.1) is 0 Å². The van der Waals surface area contributed by atoms with Crippen LogP contribution in [0.2, 0.25) is 0 Å². The largest absolute Gasteiger partial charge is 0.0930 e. The molecule has 0 saturated carbocycles. The molecule has 0 aromatic rings. The van der Waals surface area contributed by atoms with Crippen molar-refractivity contribution in [3.05, 3.63) is 23.8 Å². The summed E-state index contributed by atoms with van der Waals surface area (Å²) in [6.45, 7) is 1.94. The van der Waals surface area contributed by atoms with E-state index in [0.29, 0.717) is 0 Å². The van der Waals surface area contributed by atoms with Crippen molar-refractivity contribution in [1.29, 1.82) is 0 Å². The van der Waals surface area contributed by atoms with Crippen LogP contribution in [-0.2, 0) is 0 Å². The summed E-state index contributed by atoms with van der Waals surface area (Å²) in [5, 5.41) is 0. The van der Waals surface area contributed by atoms with Crippen LogP contribution in [0, 0.1) is 0 Å². The van der Waals surface area contributed by atoms with Crippen molar-refractivity contribution in [3.63, 3.8) is 0 Å². The predicted molar refractivity (Wildman–Crippen MR) is 41.1 cm³/mol. The van der Waals surface area contributed by atoms with Gasteiger partial charge in [-0.25, -0.2) is 0 Å². The molecule has 0 aliphatic rings. The fraction of sp³-hybridized carbons (Fsp3) is 0.200. The molecule has 7 heavy (non-hydrogen) atoms. The Hall–Kier alpha value is -0.0131. The van der Waals surface area contributed by atoms with E-state index in [2.05, 4.69) is 0 Å². The van der Waals surface area contributed by atoms with Crippen LogP contribution >= 0.6 is 11.6 Å². The Balaban J connectivity index is 0. The van der Waals surface area contributed by atoms with Crippen molar-refractivity contribution < 1.29 is 0 Å². The second-order valence-electron chi connectivity index (χ2n) is 0.844. The second-order valence-corrected chi connectivity index (χ2v) is 1.10. The minimum atomic E-state index is 0. The molecule has 0 heterocycles. The van der Waals surface area contributed by atoms with Crippen LogP contribution in [0.15, 0.2) is 23.8 Å². The van der Waals surface area contributed by atoms with Gasteiger partial charge in [0, 0.05) is 5.54 Å². The van der Waals surface area contributed by atoms with Crippen LogP contribution in [0.1, 0.15) is 6.92 Å². The highest BCUT2D eigenvalue weighted by atomic mass is 35.5. The highest BCUT2D eigenvalue weighted by Crippen LogP contribution is 1.77. The summed E-state index contributed by atoms with van der Waals surface area (Å²) in [6.07, 6.45) is 5.55. The normalized spacial score (nSPS) is 10.0. The van der Waals surface area contributed by atoms with Gasteiger partial charge in [-0.15, -0.1) is 0 Å².